The predicted molar refractivity (Wildman–Crippen MR) is 94.4 cm³/mol. The van der Waals surface area contributed by atoms with Crippen molar-refractivity contribution in [2.24, 2.45) is 0 Å². The molecule has 1 saturated heterocycles. The van der Waals surface area contributed by atoms with Crippen LogP contribution in [0.5, 0.6) is 0 Å². The summed E-state index contributed by atoms with van der Waals surface area (Å²) in [7, 11) is -3.55. The molecule has 26 heavy (non-hydrogen) atoms. The normalized spacial score (nSPS) is 16.3. The Balaban J connectivity index is 1.55. The Labute approximate surface area is 154 Å². The summed E-state index contributed by atoms with van der Waals surface area (Å²) in [6, 6.07) is 6.59. The van der Waals surface area contributed by atoms with Crippen LogP contribution in [0, 0.1) is 6.92 Å². The van der Waals surface area contributed by atoms with E-state index in [4.69, 9.17) is 13.7 Å². The topological polar surface area (TPSA) is 98.7 Å². The van der Waals surface area contributed by atoms with Crippen LogP contribution >= 0.6 is 11.8 Å². The van der Waals surface area contributed by atoms with Crippen molar-refractivity contribution in [3.63, 3.8) is 0 Å². The van der Waals surface area contributed by atoms with E-state index in [9.17, 15) is 8.42 Å². The molecule has 0 amide bonds. The van der Waals surface area contributed by atoms with E-state index < -0.39 is 10.0 Å². The van der Waals surface area contributed by atoms with Crippen LogP contribution in [0.4, 0.5) is 0 Å². The second-order valence-corrected chi connectivity index (χ2v) is 8.71. The van der Waals surface area contributed by atoms with Gasteiger partial charge in [0.2, 0.25) is 10.0 Å². The Morgan fingerprint density at radius 2 is 2.04 bits per heavy atom. The highest BCUT2D eigenvalue weighted by molar-refractivity contribution is 7.98. The van der Waals surface area contributed by atoms with Crippen LogP contribution in [0.25, 0.3) is 11.1 Å². The number of fused-ring (bicyclic) bond motifs is 1. The first kappa shape index (κ1) is 17.5. The van der Waals surface area contributed by atoms with Crippen molar-refractivity contribution < 1.29 is 22.1 Å². The number of benzene rings is 1. The number of aryl methyl sites for hydroxylation is 1. The van der Waals surface area contributed by atoms with Gasteiger partial charge in [-0.25, -0.2) is 13.4 Å². The van der Waals surface area contributed by atoms with Crippen LogP contribution in [0.3, 0.4) is 0 Å². The van der Waals surface area contributed by atoms with Crippen molar-refractivity contribution in [2.75, 3.05) is 26.3 Å². The molecule has 1 aliphatic rings. The number of thioether (sulfide) groups is 1. The van der Waals surface area contributed by atoms with Crippen LogP contribution in [-0.4, -0.2) is 49.2 Å². The van der Waals surface area contributed by atoms with E-state index in [1.165, 1.54) is 16.1 Å². The fourth-order valence-electron chi connectivity index (χ4n) is 2.67. The van der Waals surface area contributed by atoms with E-state index in [1.54, 1.807) is 18.2 Å². The minimum Gasteiger partial charge on any atom is -0.431 e. The average molecular weight is 395 g/mol. The number of oxazole rings is 1. The van der Waals surface area contributed by atoms with Gasteiger partial charge >= 0.3 is 0 Å². The van der Waals surface area contributed by atoms with Gasteiger partial charge in [0.1, 0.15) is 11.3 Å². The van der Waals surface area contributed by atoms with Crippen LogP contribution in [0.1, 0.15) is 11.5 Å². The zero-order chi connectivity index (χ0) is 18.1. The van der Waals surface area contributed by atoms with Crippen molar-refractivity contribution >= 4 is 32.9 Å². The minimum absolute atomic E-state index is 0.212. The number of hydrogen-bond donors (Lipinski definition) is 0. The fourth-order valence-corrected chi connectivity index (χ4v) is 4.81. The van der Waals surface area contributed by atoms with E-state index in [1.807, 2.05) is 13.0 Å². The van der Waals surface area contributed by atoms with Crippen LogP contribution < -0.4 is 0 Å². The van der Waals surface area contributed by atoms with Crippen molar-refractivity contribution in [1.82, 2.24) is 14.4 Å². The second-order valence-electron chi connectivity index (χ2n) is 5.84. The highest BCUT2D eigenvalue weighted by Crippen LogP contribution is 2.28. The molecule has 0 radical (unpaired) electrons. The van der Waals surface area contributed by atoms with Gasteiger partial charge in [0, 0.05) is 24.9 Å². The summed E-state index contributed by atoms with van der Waals surface area (Å²) in [4.78, 5) is 4.60. The third-order valence-corrected chi connectivity index (χ3v) is 6.72. The lowest BCUT2D eigenvalue weighted by molar-refractivity contribution is 0.0730. The van der Waals surface area contributed by atoms with Crippen LogP contribution in [-0.2, 0) is 20.5 Å². The molecule has 2 aromatic heterocycles. The molecule has 0 atom stereocenters. The predicted octanol–water partition coefficient (Wildman–Crippen LogP) is 2.44. The number of aromatic nitrogens is 2. The van der Waals surface area contributed by atoms with Crippen molar-refractivity contribution in [1.29, 1.82) is 0 Å². The molecule has 3 heterocycles. The summed E-state index contributed by atoms with van der Waals surface area (Å²) in [6.45, 7) is 3.37. The zero-order valence-corrected chi connectivity index (χ0v) is 15.7. The summed E-state index contributed by atoms with van der Waals surface area (Å²) in [6.07, 6.45) is 0. The van der Waals surface area contributed by atoms with Gasteiger partial charge in [0.05, 0.1) is 23.8 Å². The van der Waals surface area contributed by atoms with Gasteiger partial charge in [0.25, 0.3) is 5.22 Å². The average Bonchev–Trinajstić information content (AvgIpc) is 3.25. The number of morpholine rings is 1. The Hall–Kier alpha value is -1.88. The van der Waals surface area contributed by atoms with Gasteiger partial charge < -0.3 is 13.7 Å². The van der Waals surface area contributed by atoms with Gasteiger partial charge in [-0.05, 0) is 25.1 Å². The lowest BCUT2D eigenvalue weighted by Crippen LogP contribution is -2.40. The van der Waals surface area contributed by atoms with Crippen molar-refractivity contribution in [3.05, 3.63) is 35.7 Å². The van der Waals surface area contributed by atoms with Crippen LogP contribution in [0.15, 0.2) is 43.3 Å². The third-order valence-electron chi connectivity index (χ3n) is 3.97. The number of nitrogens with zero attached hydrogens (tertiary/aromatic N) is 3. The highest BCUT2D eigenvalue weighted by Gasteiger charge is 2.27. The number of hydrogen-bond acceptors (Lipinski definition) is 8. The smallest absolute Gasteiger partial charge is 0.257 e. The molecule has 0 unspecified atom stereocenters. The Morgan fingerprint density at radius 1 is 1.23 bits per heavy atom. The molecule has 3 aromatic rings. The molecule has 10 heteroatoms. The summed E-state index contributed by atoms with van der Waals surface area (Å²) in [5.41, 5.74) is 1.85. The van der Waals surface area contributed by atoms with E-state index in [0.29, 0.717) is 48.4 Å². The first-order valence-electron chi connectivity index (χ1n) is 8.06. The molecule has 0 saturated carbocycles. The Morgan fingerprint density at radius 3 is 2.77 bits per heavy atom. The molecule has 1 fully saturated rings. The molecule has 0 spiro atoms. The van der Waals surface area contributed by atoms with E-state index in [-0.39, 0.29) is 4.90 Å². The molecular weight excluding hydrogens is 378 g/mol. The van der Waals surface area contributed by atoms with E-state index in [0.717, 1.165) is 11.5 Å². The number of ether oxygens (including phenoxy) is 1. The maximum Gasteiger partial charge on any atom is 0.257 e. The van der Waals surface area contributed by atoms with Gasteiger partial charge in [-0.15, -0.1) is 0 Å². The van der Waals surface area contributed by atoms with Gasteiger partial charge in [0.15, 0.2) is 5.58 Å². The lowest BCUT2D eigenvalue weighted by atomic mass is 10.3. The molecule has 0 N–H and O–H groups in total. The lowest BCUT2D eigenvalue weighted by Gasteiger charge is -2.25. The standard InChI is InChI=1S/C16H17N3O5S2/c1-11-8-12(18-24-11)10-25-16-17-14-9-13(2-3-15(14)23-16)26(20,21)19-4-6-22-7-5-19/h2-3,8-9H,4-7,10H2,1H3. The number of rotatable bonds is 5. The first-order chi connectivity index (χ1) is 12.5. The summed E-state index contributed by atoms with van der Waals surface area (Å²) in [5.74, 6) is 1.31. The molecule has 138 valence electrons. The summed E-state index contributed by atoms with van der Waals surface area (Å²) >= 11 is 1.38. The molecule has 4 rings (SSSR count). The largest absolute Gasteiger partial charge is 0.431 e. The monoisotopic (exact) mass is 395 g/mol. The quantitative estimate of drug-likeness (QED) is 0.608. The molecule has 1 aromatic carbocycles. The zero-order valence-electron chi connectivity index (χ0n) is 14.0. The minimum atomic E-state index is -3.55. The number of sulfonamides is 1. The maximum atomic E-state index is 12.7. The van der Waals surface area contributed by atoms with Gasteiger partial charge in [-0.3, -0.25) is 0 Å². The maximum absolute atomic E-state index is 12.7. The van der Waals surface area contributed by atoms with E-state index >= 15 is 0 Å². The summed E-state index contributed by atoms with van der Waals surface area (Å²) in [5, 5.41) is 4.38. The molecule has 0 aliphatic carbocycles. The molecular formula is C16H17N3O5S2. The van der Waals surface area contributed by atoms with Crippen molar-refractivity contribution in [2.45, 2.75) is 22.8 Å². The summed E-state index contributed by atoms with van der Waals surface area (Å²) < 4.78 is 42.8. The Kier molecular flexibility index (Phi) is 4.74. The van der Waals surface area contributed by atoms with E-state index in [2.05, 4.69) is 10.1 Å². The molecule has 8 nitrogen and oxygen atoms in total. The van der Waals surface area contributed by atoms with Crippen LogP contribution in [0.2, 0.25) is 0 Å². The second kappa shape index (κ2) is 7.03. The third kappa shape index (κ3) is 3.50. The molecule has 0 bridgehead atoms. The van der Waals surface area contributed by atoms with Gasteiger partial charge in [-0.2, -0.15) is 4.31 Å². The fraction of sp³-hybridized carbons (Fsp3) is 0.375. The molecule has 1 aliphatic heterocycles. The van der Waals surface area contributed by atoms with Crippen molar-refractivity contribution in [3.8, 4) is 0 Å². The Bertz CT molecular complexity index is 1020. The highest BCUT2D eigenvalue weighted by atomic mass is 32.2. The SMILES string of the molecule is Cc1cc(CSc2nc3cc(S(=O)(=O)N4CCOCC4)ccc3o2)no1. The first-order valence-corrected chi connectivity index (χ1v) is 10.5. The van der Waals surface area contributed by atoms with Gasteiger partial charge in [-0.1, -0.05) is 16.9 Å².